The number of hydrogen-bond acceptors (Lipinski definition) is 6. The van der Waals surface area contributed by atoms with E-state index in [1.165, 1.54) is 29.5 Å². The van der Waals surface area contributed by atoms with Crippen molar-refractivity contribution in [1.82, 2.24) is 10.3 Å². The summed E-state index contributed by atoms with van der Waals surface area (Å²) in [7, 11) is 0. The van der Waals surface area contributed by atoms with Gasteiger partial charge in [-0.25, -0.2) is 4.98 Å². The Morgan fingerprint density at radius 1 is 1.18 bits per heavy atom. The molecule has 0 saturated carbocycles. The second-order valence-corrected chi connectivity index (χ2v) is 6.80. The summed E-state index contributed by atoms with van der Waals surface area (Å²) in [5.41, 5.74) is 2.76. The molecule has 0 bridgehead atoms. The maximum absolute atomic E-state index is 12.1. The van der Waals surface area contributed by atoms with Crippen LogP contribution < -0.4 is 10.6 Å². The number of aromatic nitrogens is 1. The number of nitro groups is 1. The smallest absolute Gasteiger partial charge is 0.270 e. The molecule has 8 nitrogen and oxygen atoms in total. The summed E-state index contributed by atoms with van der Waals surface area (Å²) in [6.45, 7) is 1.72. The lowest BCUT2D eigenvalue weighted by molar-refractivity contribution is -0.384. The third-order valence-electron chi connectivity index (χ3n) is 3.83. The van der Waals surface area contributed by atoms with Crippen molar-refractivity contribution in [2.45, 2.75) is 6.92 Å². The number of non-ortho nitro benzene ring substituents is 1. The first-order valence-corrected chi connectivity index (χ1v) is 9.15. The number of nitro benzene ring substituents is 1. The lowest BCUT2D eigenvalue weighted by atomic mass is 10.1. The number of thiazole rings is 1. The second kappa shape index (κ2) is 8.40. The Kier molecular flexibility index (Phi) is 5.75. The number of hydrogen-bond donors (Lipinski definition) is 2. The van der Waals surface area contributed by atoms with Crippen molar-refractivity contribution >= 4 is 34.0 Å². The molecule has 0 unspecified atom stereocenters. The summed E-state index contributed by atoms with van der Waals surface area (Å²) in [4.78, 5) is 38.7. The topological polar surface area (TPSA) is 114 Å². The molecule has 0 spiro atoms. The van der Waals surface area contributed by atoms with Gasteiger partial charge >= 0.3 is 0 Å². The van der Waals surface area contributed by atoms with Gasteiger partial charge in [-0.05, 0) is 13.0 Å². The van der Waals surface area contributed by atoms with Gasteiger partial charge in [0.05, 0.1) is 17.2 Å². The van der Waals surface area contributed by atoms with Gasteiger partial charge in [0.1, 0.15) is 0 Å². The Morgan fingerprint density at radius 3 is 2.64 bits per heavy atom. The predicted molar refractivity (Wildman–Crippen MR) is 106 cm³/mol. The monoisotopic (exact) mass is 396 g/mol. The molecule has 0 radical (unpaired) electrons. The Bertz CT molecular complexity index is 1030. The lowest BCUT2D eigenvalue weighted by Crippen LogP contribution is -2.32. The summed E-state index contributed by atoms with van der Waals surface area (Å²) in [6, 6.07) is 13.2. The number of amides is 2. The van der Waals surface area contributed by atoms with Crippen molar-refractivity contribution in [1.29, 1.82) is 0 Å². The van der Waals surface area contributed by atoms with Crippen LogP contribution in [-0.4, -0.2) is 28.3 Å². The van der Waals surface area contributed by atoms with Crippen LogP contribution in [0.4, 0.5) is 10.8 Å². The van der Waals surface area contributed by atoms with Crippen LogP contribution in [0.3, 0.4) is 0 Å². The average Bonchev–Trinajstić information content (AvgIpc) is 3.15. The molecule has 0 saturated heterocycles. The molecular formula is C19H16N4O4S. The third-order valence-corrected chi connectivity index (χ3v) is 4.58. The minimum atomic E-state index is -0.586. The van der Waals surface area contributed by atoms with Gasteiger partial charge in [-0.3, -0.25) is 19.7 Å². The van der Waals surface area contributed by atoms with Crippen LogP contribution in [0.5, 0.6) is 0 Å². The first-order valence-electron chi connectivity index (χ1n) is 8.27. The molecule has 0 aliphatic rings. The van der Waals surface area contributed by atoms with Gasteiger partial charge in [0.25, 0.3) is 11.6 Å². The van der Waals surface area contributed by atoms with E-state index in [4.69, 9.17) is 0 Å². The van der Waals surface area contributed by atoms with E-state index in [2.05, 4.69) is 15.6 Å². The SMILES string of the molecule is Cc1ccc(-c2csc(NC(=O)CNC(=O)c3cccc([N+](=O)[O-])c3)n2)cc1. The van der Waals surface area contributed by atoms with E-state index in [-0.39, 0.29) is 17.8 Å². The zero-order valence-corrected chi connectivity index (χ0v) is 15.7. The number of nitrogens with one attached hydrogen (secondary N) is 2. The van der Waals surface area contributed by atoms with Crippen LogP contribution in [-0.2, 0) is 4.79 Å². The van der Waals surface area contributed by atoms with E-state index in [9.17, 15) is 19.7 Å². The molecule has 3 aromatic rings. The molecular weight excluding hydrogens is 380 g/mol. The normalized spacial score (nSPS) is 10.3. The van der Waals surface area contributed by atoms with Crippen molar-refractivity contribution in [3.05, 3.63) is 75.2 Å². The highest BCUT2D eigenvalue weighted by atomic mass is 32.1. The maximum Gasteiger partial charge on any atom is 0.270 e. The Hall–Kier alpha value is -3.59. The first kappa shape index (κ1) is 19.2. The Balaban J connectivity index is 1.56. The lowest BCUT2D eigenvalue weighted by Gasteiger charge is -2.05. The number of carbonyl (C=O) groups excluding carboxylic acids is 2. The third kappa shape index (κ3) is 4.77. The highest BCUT2D eigenvalue weighted by Crippen LogP contribution is 2.25. The van der Waals surface area contributed by atoms with E-state index in [1.807, 2.05) is 36.6 Å². The molecule has 0 atom stereocenters. The van der Waals surface area contributed by atoms with Crippen LogP contribution in [0.15, 0.2) is 53.9 Å². The molecule has 1 aromatic heterocycles. The highest BCUT2D eigenvalue weighted by Gasteiger charge is 2.13. The zero-order valence-electron chi connectivity index (χ0n) is 14.8. The van der Waals surface area contributed by atoms with Gasteiger partial charge in [-0.15, -0.1) is 11.3 Å². The standard InChI is InChI=1S/C19H16N4O4S/c1-12-5-7-13(8-6-12)16-11-28-19(21-16)22-17(24)10-20-18(25)14-3-2-4-15(9-14)23(26)27/h2-9,11H,10H2,1H3,(H,20,25)(H,21,22,24). The van der Waals surface area contributed by atoms with Crippen molar-refractivity contribution in [2.24, 2.45) is 0 Å². The number of benzene rings is 2. The fourth-order valence-electron chi connectivity index (χ4n) is 2.37. The van der Waals surface area contributed by atoms with Gasteiger partial charge in [0.2, 0.25) is 5.91 Å². The van der Waals surface area contributed by atoms with Crippen molar-refractivity contribution in [3.8, 4) is 11.3 Å². The molecule has 0 fully saturated rings. The van der Waals surface area contributed by atoms with Crippen molar-refractivity contribution < 1.29 is 14.5 Å². The summed E-state index contributed by atoms with van der Waals surface area (Å²) < 4.78 is 0. The largest absolute Gasteiger partial charge is 0.343 e. The Labute approximate surface area is 164 Å². The van der Waals surface area contributed by atoms with E-state index >= 15 is 0 Å². The molecule has 2 N–H and O–H groups in total. The number of rotatable bonds is 6. The second-order valence-electron chi connectivity index (χ2n) is 5.94. The van der Waals surface area contributed by atoms with Crippen LogP contribution in [0.25, 0.3) is 11.3 Å². The number of anilines is 1. The molecule has 2 aromatic carbocycles. The molecule has 2 amide bonds. The molecule has 0 aliphatic carbocycles. The zero-order chi connectivity index (χ0) is 20.1. The first-order chi connectivity index (χ1) is 13.4. The Morgan fingerprint density at radius 2 is 1.93 bits per heavy atom. The van der Waals surface area contributed by atoms with Crippen LogP contribution in [0.1, 0.15) is 15.9 Å². The molecule has 3 rings (SSSR count). The van der Waals surface area contributed by atoms with Gasteiger partial charge < -0.3 is 10.6 Å². The fraction of sp³-hybridized carbons (Fsp3) is 0.105. The molecule has 142 valence electrons. The summed E-state index contributed by atoms with van der Waals surface area (Å²) in [6.07, 6.45) is 0. The summed E-state index contributed by atoms with van der Waals surface area (Å²) in [5.74, 6) is -1.01. The van der Waals surface area contributed by atoms with E-state index in [0.717, 1.165) is 22.9 Å². The average molecular weight is 396 g/mol. The molecule has 1 heterocycles. The van der Waals surface area contributed by atoms with Gasteiger partial charge in [0.15, 0.2) is 5.13 Å². The number of carbonyl (C=O) groups is 2. The fourth-order valence-corrected chi connectivity index (χ4v) is 3.11. The predicted octanol–water partition coefficient (Wildman–Crippen LogP) is 3.40. The van der Waals surface area contributed by atoms with E-state index in [0.29, 0.717) is 5.13 Å². The van der Waals surface area contributed by atoms with Crippen LogP contribution in [0, 0.1) is 17.0 Å². The highest BCUT2D eigenvalue weighted by molar-refractivity contribution is 7.14. The summed E-state index contributed by atoms with van der Waals surface area (Å²) in [5, 5.41) is 18.1. The van der Waals surface area contributed by atoms with Crippen molar-refractivity contribution in [3.63, 3.8) is 0 Å². The van der Waals surface area contributed by atoms with Gasteiger partial charge in [0, 0.05) is 28.6 Å². The van der Waals surface area contributed by atoms with Crippen molar-refractivity contribution in [2.75, 3.05) is 11.9 Å². The molecule has 0 aliphatic heterocycles. The molecule has 28 heavy (non-hydrogen) atoms. The quantitative estimate of drug-likeness (QED) is 0.490. The van der Waals surface area contributed by atoms with Crippen LogP contribution in [0.2, 0.25) is 0 Å². The van der Waals surface area contributed by atoms with Gasteiger partial charge in [-0.2, -0.15) is 0 Å². The number of nitrogens with zero attached hydrogens (tertiary/aromatic N) is 2. The summed E-state index contributed by atoms with van der Waals surface area (Å²) >= 11 is 1.28. The van der Waals surface area contributed by atoms with E-state index in [1.54, 1.807) is 0 Å². The molecule has 9 heteroatoms. The maximum atomic E-state index is 12.1. The number of aryl methyl sites for hydroxylation is 1. The van der Waals surface area contributed by atoms with E-state index < -0.39 is 16.7 Å². The minimum Gasteiger partial charge on any atom is -0.343 e. The van der Waals surface area contributed by atoms with Crippen LogP contribution >= 0.6 is 11.3 Å². The minimum absolute atomic E-state index is 0.109. The van der Waals surface area contributed by atoms with Gasteiger partial charge in [-0.1, -0.05) is 35.9 Å².